The number of benzene rings is 1. The van der Waals surface area contributed by atoms with E-state index < -0.39 is 0 Å². The molecule has 2 aromatic rings. The highest BCUT2D eigenvalue weighted by Gasteiger charge is 2.14. The zero-order valence-corrected chi connectivity index (χ0v) is 9.80. The van der Waals surface area contributed by atoms with Gasteiger partial charge in [-0.15, -0.1) is 11.3 Å². The molecule has 0 saturated carbocycles. The number of aromatic nitrogens is 1. The van der Waals surface area contributed by atoms with Gasteiger partial charge in [-0.2, -0.15) is 0 Å². The van der Waals surface area contributed by atoms with Crippen LogP contribution >= 0.6 is 11.3 Å². The molecule has 16 heavy (non-hydrogen) atoms. The molecule has 0 aliphatic heterocycles. The zero-order valence-electron chi connectivity index (χ0n) is 8.98. The van der Waals surface area contributed by atoms with Crippen molar-refractivity contribution in [2.75, 3.05) is 7.05 Å². The highest BCUT2D eigenvalue weighted by atomic mass is 32.1. The van der Waals surface area contributed by atoms with Crippen molar-refractivity contribution >= 4 is 11.3 Å². The number of rotatable bonds is 4. The van der Waals surface area contributed by atoms with Crippen LogP contribution in [0, 0.1) is 5.82 Å². The molecule has 2 nitrogen and oxygen atoms in total. The molecule has 84 valence electrons. The first kappa shape index (κ1) is 11.2. The molecule has 4 heteroatoms. The van der Waals surface area contributed by atoms with Gasteiger partial charge in [0.2, 0.25) is 0 Å². The predicted molar refractivity (Wildman–Crippen MR) is 64.0 cm³/mol. The molecule has 0 saturated heterocycles. The summed E-state index contributed by atoms with van der Waals surface area (Å²) < 4.78 is 13.6. The molecule has 0 bridgehead atoms. The minimum absolute atomic E-state index is 0.0210. The fourth-order valence-corrected chi connectivity index (χ4v) is 2.32. The molecular weight excluding hydrogens is 223 g/mol. The summed E-state index contributed by atoms with van der Waals surface area (Å²) in [6.45, 7) is 0. The molecule has 1 heterocycles. The van der Waals surface area contributed by atoms with Gasteiger partial charge in [-0.3, -0.25) is 0 Å². The molecule has 0 amide bonds. The van der Waals surface area contributed by atoms with Crippen molar-refractivity contribution < 1.29 is 4.39 Å². The maximum absolute atomic E-state index is 13.6. The average Bonchev–Trinajstić information content (AvgIpc) is 2.80. The molecule has 1 atom stereocenters. The quantitative estimate of drug-likeness (QED) is 0.883. The summed E-state index contributed by atoms with van der Waals surface area (Å²) in [7, 11) is 1.84. The molecular formula is C12H13FN2S. The van der Waals surface area contributed by atoms with Crippen molar-refractivity contribution in [2.24, 2.45) is 0 Å². The van der Waals surface area contributed by atoms with Crippen LogP contribution in [0.5, 0.6) is 0 Å². The van der Waals surface area contributed by atoms with Crippen LogP contribution < -0.4 is 5.32 Å². The lowest BCUT2D eigenvalue weighted by Crippen LogP contribution is -2.19. The monoisotopic (exact) mass is 236 g/mol. The van der Waals surface area contributed by atoms with E-state index >= 15 is 0 Å². The van der Waals surface area contributed by atoms with Crippen LogP contribution in [0.15, 0.2) is 35.8 Å². The smallest absolute Gasteiger partial charge is 0.127 e. The Labute approximate surface area is 98.2 Å². The van der Waals surface area contributed by atoms with Gasteiger partial charge in [-0.25, -0.2) is 9.37 Å². The van der Waals surface area contributed by atoms with Gasteiger partial charge in [0, 0.05) is 29.6 Å². The number of likely N-dealkylation sites (N-methyl/N-ethyl adjacent to an activating group) is 1. The number of thiazole rings is 1. The van der Waals surface area contributed by atoms with Gasteiger partial charge < -0.3 is 5.32 Å². The third kappa shape index (κ3) is 2.46. The van der Waals surface area contributed by atoms with Crippen LogP contribution in [0.4, 0.5) is 4.39 Å². The topological polar surface area (TPSA) is 24.9 Å². The van der Waals surface area contributed by atoms with E-state index in [-0.39, 0.29) is 11.9 Å². The highest BCUT2D eigenvalue weighted by Crippen LogP contribution is 2.21. The lowest BCUT2D eigenvalue weighted by atomic mass is 10.0. The van der Waals surface area contributed by atoms with Crippen LogP contribution in [0.2, 0.25) is 0 Å². The number of hydrogen-bond donors (Lipinski definition) is 1. The maximum atomic E-state index is 13.6. The van der Waals surface area contributed by atoms with E-state index in [4.69, 9.17) is 0 Å². The molecule has 1 aromatic heterocycles. The van der Waals surface area contributed by atoms with Gasteiger partial charge in [-0.1, -0.05) is 18.2 Å². The van der Waals surface area contributed by atoms with Crippen molar-refractivity contribution in [3.63, 3.8) is 0 Å². The lowest BCUT2D eigenvalue weighted by Gasteiger charge is -2.15. The summed E-state index contributed by atoms with van der Waals surface area (Å²) in [5, 5.41) is 6.07. The molecule has 0 aliphatic rings. The Balaban J connectivity index is 2.20. The largest absolute Gasteiger partial charge is 0.313 e. The highest BCUT2D eigenvalue weighted by molar-refractivity contribution is 7.09. The number of hydrogen-bond acceptors (Lipinski definition) is 3. The van der Waals surface area contributed by atoms with Gasteiger partial charge in [0.25, 0.3) is 0 Å². The fraction of sp³-hybridized carbons (Fsp3) is 0.250. The normalized spacial score (nSPS) is 12.6. The zero-order chi connectivity index (χ0) is 11.4. The standard InChI is InChI=1S/C12H13FN2S/c1-14-11(8-12-15-6-7-16-12)9-4-2-3-5-10(9)13/h2-7,11,14H,8H2,1H3. The summed E-state index contributed by atoms with van der Waals surface area (Å²) in [4.78, 5) is 4.22. The van der Waals surface area contributed by atoms with E-state index in [1.807, 2.05) is 24.6 Å². The van der Waals surface area contributed by atoms with E-state index in [1.54, 1.807) is 23.6 Å². The Morgan fingerprint density at radius 2 is 2.25 bits per heavy atom. The minimum atomic E-state index is -0.168. The third-order valence-corrected chi connectivity index (χ3v) is 3.29. The molecule has 0 spiro atoms. The summed E-state index contributed by atoms with van der Waals surface area (Å²) in [6.07, 6.45) is 2.49. The second-order valence-corrected chi connectivity index (χ2v) is 4.47. The Bertz CT molecular complexity index is 442. The van der Waals surface area contributed by atoms with E-state index in [0.717, 1.165) is 11.4 Å². The molecule has 0 fully saturated rings. The molecule has 1 aromatic carbocycles. The third-order valence-electron chi connectivity index (χ3n) is 2.49. The van der Waals surface area contributed by atoms with E-state index in [0.29, 0.717) is 5.56 Å². The van der Waals surface area contributed by atoms with E-state index in [1.165, 1.54) is 6.07 Å². The number of nitrogens with zero attached hydrogens (tertiary/aromatic N) is 1. The second-order valence-electron chi connectivity index (χ2n) is 3.49. The van der Waals surface area contributed by atoms with E-state index in [9.17, 15) is 4.39 Å². The first-order valence-corrected chi connectivity index (χ1v) is 5.99. The van der Waals surface area contributed by atoms with Crippen molar-refractivity contribution in [3.8, 4) is 0 Å². The average molecular weight is 236 g/mol. The summed E-state index contributed by atoms with van der Waals surface area (Å²) in [6, 6.07) is 6.83. The fourth-order valence-electron chi connectivity index (χ4n) is 1.65. The van der Waals surface area contributed by atoms with Gasteiger partial charge in [0.05, 0.1) is 5.01 Å². The van der Waals surface area contributed by atoms with Crippen LogP contribution in [0.3, 0.4) is 0 Å². The first-order chi connectivity index (χ1) is 7.81. The minimum Gasteiger partial charge on any atom is -0.313 e. The Hall–Kier alpha value is -1.26. The van der Waals surface area contributed by atoms with E-state index in [2.05, 4.69) is 10.3 Å². The number of nitrogens with one attached hydrogen (secondary N) is 1. The summed E-state index contributed by atoms with van der Waals surface area (Å²) in [5.41, 5.74) is 0.695. The second kappa shape index (κ2) is 5.18. The van der Waals surface area contributed by atoms with Crippen molar-refractivity contribution in [1.82, 2.24) is 10.3 Å². The Morgan fingerprint density at radius 3 is 2.88 bits per heavy atom. The Morgan fingerprint density at radius 1 is 1.44 bits per heavy atom. The summed E-state index contributed by atoms with van der Waals surface area (Å²) >= 11 is 1.59. The molecule has 0 radical (unpaired) electrons. The first-order valence-electron chi connectivity index (χ1n) is 5.11. The number of halogens is 1. The molecule has 2 rings (SSSR count). The van der Waals surface area contributed by atoms with Crippen molar-refractivity contribution in [3.05, 3.63) is 52.2 Å². The predicted octanol–water partition coefficient (Wildman–Crippen LogP) is 2.79. The molecule has 1 unspecified atom stereocenters. The van der Waals surface area contributed by atoms with Crippen LogP contribution in [0.25, 0.3) is 0 Å². The van der Waals surface area contributed by atoms with Crippen LogP contribution in [-0.4, -0.2) is 12.0 Å². The van der Waals surface area contributed by atoms with Gasteiger partial charge in [-0.05, 0) is 13.1 Å². The maximum Gasteiger partial charge on any atom is 0.127 e. The van der Waals surface area contributed by atoms with Gasteiger partial charge in [0.15, 0.2) is 0 Å². The lowest BCUT2D eigenvalue weighted by molar-refractivity contribution is 0.533. The summed E-state index contributed by atoms with van der Waals surface area (Å²) in [5.74, 6) is -0.168. The van der Waals surface area contributed by atoms with Crippen LogP contribution in [-0.2, 0) is 6.42 Å². The van der Waals surface area contributed by atoms with Gasteiger partial charge >= 0.3 is 0 Å². The van der Waals surface area contributed by atoms with Crippen molar-refractivity contribution in [1.29, 1.82) is 0 Å². The molecule has 0 aliphatic carbocycles. The SMILES string of the molecule is CNC(Cc1nccs1)c1ccccc1F. The van der Waals surface area contributed by atoms with Crippen molar-refractivity contribution in [2.45, 2.75) is 12.5 Å². The van der Waals surface area contributed by atoms with Crippen LogP contribution in [0.1, 0.15) is 16.6 Å². The molecule has 1 N–H and O–H groups in total. The Kier molecular flexibility index (Phi) is 3.64. The van der Waals surface area contributed by atoms with Gasteiger partial charge in [0.1, 0.15) is 5.82 Å².